The molecule has 9 heteroatoms. The van der Waals surface area contributed by atoms with E-state index < -0.39 is 11.1 Å². The summed E-state index contributed by atoms with van der Waals surface area (Å²) < 4.78 is 5.12. The Labute approximate surface area is 138 Å². The summed E-state index contributed by atoms with van der Waals surface area (Å²) in [5.41, 5.74) is 0.216. The Bertz CT molecular complexity index is 589. The Morgan fingerprint density at radius 2 is 1.96 bits per heavy atom. The lowest BCUT2D eigenvalue weighted by Gasteiger charge is -2.11. The number of ether oxygens (including phenoxy) is 1. The fourth-order valence-corrected chi connectivity index (χ4v) is 1.95. The van der Waals surface area contributed by atoms with Crippen LogP contribution >= 0.6 is 0 Å². The van der Waals surface area contributed by atoms with Crippen LogP contribution in [0.5, 0.6) is 11.5 Å². The number of phenols is 1. The number of esters is 1. The lowest BCUT2D eigenvalue weighted by Crippen LogP contribution is -2.12. The van der Waals surface area contributed by atoms with Gasteiger partial charge in [0.15, 0.2) is 11.5 Å². The minimum Gasteiger partial charge on any atom is -0.504 e. The van der Waals surface area contributed by atoms with E-state index in [4.69, 9.17) is 4.74 Å². The fraction of sp³-hybridized carbons (Fsp3) is 0.467. The highest BCUT2D eigenvalue weighted by Gasteiger charge is 2.14. The molecule has 132 valence electrons. The second-order valence-electron chi connectivity index (χ2n) is 5.03. The van der Waals surface area contributed by atoms with Crippen LogP contribution in [0.25, 0.3) is 0 Å². The molecule has 9 nitrogen and oxygen atoms in total. The molecule has 2 N–H and O–H groups in total. The maximum Gasteiger partial charge on any atom is 0.311 e. The SMILES string of the molecule is CC(=O)Nc1cccc(O)c1OC(=O)CCCCCCO[N+](=O)[O-]. The normalized spacial score (nSPS) is 10.0. The van der Waals surface area contributed by atoms with Gasteiger partial charge in [0.25, 0.3) is 5.09 Å². The third-order valence-electron chi connectivity index (χ3n) is 2.99. The summed E-state index contributed by atoms with van der Waals surface area (Å²) in [4.78, 5) is 37.1. The van der Waals surface area contributed by atoms with E-state index in [0.717, 1.165) is 0 Å². The van der Waals surface area contributed by atoms with Gasteiger partial charge in [-0.05, 0) is 25.0 Å². The van der Waals surface area contributed by atoms with E-state index in [1.165, 1.54) is 25.1 Å². The van der Waals surface area contributed by atoms with Crippen LogP contribution in [0, 0.1) is 10.1 Å². The van der Waals surface area contributed by atoms with Crippen molar-refractivity contribution in [2.75, 3.05) is 11.9 Å². The third-order valence-corrected chi connectivity index (χ3v) is 2.99. The van der Waals surface area contributed by atoms with Gasteiger partial charge in [-0.3, -0.25) is 9.59 Å². The lowest BCUT2D eigenvalue weighted by atomic mass is 10.1. The minimum atomic E-state index is -0.837. The van der Waals surface area contributed by atoms with Crippen LogP contribution in [0.4, 0.5) is 5.69 Å². The van der Waals surface area contributed by atoms with Crippen molar-refractivity contribution in [3.8, 4) is 11.5 Å². The molecule has 0 bridgehead atoms. The summed E-state index contributed by atoms with van der Waals surface area (Å²) in [5, 5.41) is 21.4. The summed E-state index contributed by atoms with van der Waals surface area (Å²) >= 11 is 0. The zero-order valence-electron chi connectivity index (χ0n) is 13.3. The van der Waals surface area contributed by atoms with Gasteiger partial charge in [-0.1, -0.05) is 18.9 Å². The predicted octanol–water partition coefficient (Wildman–Crippen LogP) is 2.41. The molecule has 0 fully saturated rings. The summed E-state index contributed by atoms with van der Waals surface area (Å²) in [6, 6.07) is 4.38. The van der Waals surface area contributed by atoms with Crippen LogP contribution in [-0.4, -0.2) is 28.7 Å². The highest BCUT2D eigenvalue weighted by atomic mass is 16.9. The van der Waals surface area contributed by atoms with Gasteiger partial charge < -0.3 is 20.0 Å². The van der Waals surface area contributed by atoms with Gasteiger partial charge in [-0.15, -0.1) is 10.1 Å². The molecule has 0 spiro atoms. The second kappa shape index (κ2) is 10.0. The van der Waals surface area contributed by atoms with Crippen molar-refractivity contribution < 1.29 is 29.4 Å². The number of aromatic hydroxyl groups is 1. The van der Waals surface area contributed by atoms with Crippen molar-refractivity contribution in [2.24, 2.45) is 0 Å². The molecule has 0 atom stereocenters. The Hall–Kier alpha value is -2.84. The average Bonchev–Trinajstić information content (AvgIpc) is 2.49. The Balaban J connectivity index is 2.37. The highest BCUT2D eigenvalue weighted by Crippen LogP contribution is 2.34. The first-order valence-electron chi connectivity index (χ1n) is 7.47. The molecule has 1 amide bonds. The summed E-state index contributed by atoms with van der Waals surface area (Å²) in [6.07, 6.45) is 2.58. The van der Waals surface area contributed by atoms with Crippen molar-refractivity contribution in [1.29, 1.82) is 0 Å². The van der Waals surface area contributed by atoms with Crippen molar-refractivity contribution >= 4 is 17.6 Å². The first-order chi connectivity index (χ1) is 11.4. The largest absolute Gasteiger partial charge is 0.504 e. The second-order valence-corrected chi connectivity index (χ2v) is 5.03. The number of para-hydroxylation sites is 1. The number of hydrogen-bond donors (Lipinski definition) is 2. The smallest absolute Gasteiger partial charge is 0.311 e. The first-order valence-corrected chi connectivity index (χ1v) is 7.47. The number of amides is 1. The molecule has 0 aliphatic rings. The number of hydrogen-bond acceptors (Lipinski definition) is 7. The fourth-order valence-electron chi connectivity index (χ4n) is 1.95. The summed E-state index contributed by atoms with van der Waals surface area (Å²) in [7, 11) is 0. The van der Waals surface area contributed by atoms with Gasteiger partial charge in [0.05, 0.1) is 12.3 Å². The molecule has 0 aliphatic carbocycles. The van der Waals surface area contributed by atoms with Crippen LogP contribution in [0.2, 0.25) is 0 Å². The van der Waals surface area contributed by atoms with Gasteiger partial charge in [0.2, 0.25) is 5.91 Å². The number of unbranched alkanes of at least 4 members (excludes halogenated alkanes) is 3. The number of anilines is 1. The molecule has 0 saturated heterocycles. The molecule has 0 saturated carbocycles. The molecule has 0 aliphatic heterocycles. The van der Waals surface area contributed by atoms with E-state index in [0.29, 0.717) is 25.7 Å². The van der Waals surface area contributed by atoms with Crippen LogP contribution < -0.4 is 10.1 Å². The molecular weight excluding hydrogens is 320 g/mol. The quantitative estimate of drug-likeness (QED) is 0.220. The predicted molar refractivity (Wildman–Crippen MR) is 84.1 cm³/mol. The molecule has 1 rings (SSSR count). The van der Waals surface area contributed by atoms with E-state index >= 15 is 0 Å². The van der Waals surface area contributed by atoms with Crippen LogP contribution in [-0.2, 0) is 14.4 Å². The maximum atomic E-state index is 11.8. The standard InChI is InChI=1S/C15H20N2O7/c1-11(18)16-12-7-6-8-13(19)15(12)24-14(20)9-4-2-3-5-10-23-17(21)22/h6-8,19H,2-5,9-10H2,1H3,(H,16,18). The van der Waals surface area contributed by atoms with Gasteiger partial charge >= 0.3 is 5.97 Å². The zero-order valence-corrected chi connectivity index (χ0v) is 13.3. The Kier molecular flexibility index (Phi) is 8.03. The van der Waals surface area contributed by atoms with E-state index in [1.54, 1.807) is 0 Å². The summed E-state index contributed by atoms with van der Waals surface area (Å²) in [6.45, 7) is 1.34. The Morgan fingerprint density at radius 3 is 2.62 bits per heavy atom. The molecule has 0 unspecified atom stereocenters. The molecular formula is C15H20N2O7. The third kappa shape index (κ3) is 7.43. The number of carbonyl (C=O) groups is 2. The zero-order chi connectivity index (χ0) is 17.9. The average molecular weight is 340 g/mol. The van der Waals surface area contributed by atoms with E-state index in [2.05, 4.69) is 10.2 Å². The van der Waals surface area contributed by atoms with E-state index in [-0.39, 0.29) is 36.1 Å². The minimum absolute atomic E-state index is 0.0371. The molecule has 0 radical (unpaired) electrons. The lowest BCUT2D eigenvalue weighted by molar-refractivity contribution is -0.757. The molecule has 0 heterocycles. The highest BCUT2D eigenvalue weighted by molar-refractivity contribution is 5.92. The van der Waals surface area contributed by atoms with E-state index in [1.807, 2.05) is 0 Å². The number of nitrogens with one attached hydrogen (secondary N) is 1. The number of benzene rings is 1. The van der Waals surface area contributed by atoms with Crippen molar-refractivity contribution in [3.05, 3.63) is 28.3 Å². The summed E-state index contributed by atoms with van der Waals surface area (Å²) in [5.74, 6) is -1.22. The van der Waals surface area contributed by atoms with Gasteiger partial charge in [0, 0.05) is 13.3 Å². The monoisotopic (exact) mass is 340 g/mol. The van der Waals surface area contributed by atoms with Gasteiger partial charge in [0.1, 0.15) is 0 Å². The van der Waals surface area contributed by atoms with Crippen molar-refractivity contribution in [2.45, 2.75) is 39.0 Å². The van der Waals surface area contributed by atoms with Crippen LogP contribution in [0.3, 0.4) is 0 Å². The molecule has 0 aromatic heterocycles. The molecule has 1 aromatic rings. The van der Waals surface area contributed by atoms with Crippen molar-refractivity contribution in [1.82, 2.24) is 0 Å². The van der Waals surface area contributed by atoms with Crippen LogP contribution in [0.1, 0.15) is 39.0 Å². The number of nitrogens with zero attached hydrogens (tertiary/aromatic N) is 1. The van der Waals surface area contributed by atoms with Gasteiger partial charge in [-0.2, -0.15) is 0 Å². The number of phenolic OH excluding ortho intramolecular Hbond substituents is 1. The van der Waals surface area contributed by atoms with Crippen molar-refractivity contribution in [3.63, 3.8) is 0 Å². The topological polar surface area (TPSA) is 128 Å². The number of carbonyl (C=O) groups excluding carboxylic acids is 2. The Morgan fingerprint density at radius 1 is 1.25 bits per heavy atom. The van der Waals surface area contributed by atoms with Gasteiger partial charge in [-0.25, -0.2) is 0 Å². The number of rotatable bonds is 10. The maximum absolute atomic E-state index is 11.8. The van der Waals surface area contributed by atoms with Crippen LogP contribution in [0.15, 0.2) is 18.2 Å². The molecule has 1 aromatic carbocycles. The molecule has 24 heavy (non-hydrogen) atoms. The first kappa shape index (κ1) is 19.2. The van der Waals surface area contributed by atoms with E-state index in [9.17, 15) is 24.8 Å².